The van der Waals surface area contributed by atoms with Gasteiger partial charge in [0.15, 0.2) is 8.24 Å². The quantitative estimate of drug-likeness (QED) is 0.626. The topological polar surface area (TPSA) is 20.3 Å². The van der Waals surface area contributed by atoms with Crippen molar-refractivity contribution in [2.75, 3.05) is 6.54 Å². The van der Waals surface area contributed by atoms with E-state index in [-0.39, 0.29) is 5.91 Å². The molecule has 0 heterocycles. The van der Waals surface area contributed by atoms with Crippen molar-refractivity contribution in [3.63, 3.8) is 0 Å². The van der Waals surface area contributed by atoms with Gasteiger partial charge in [-0.15, -0.1) is 0 Å². The Morgan fingerprint density at radius 3 is 2.15 bits per heavy atom. The summed E-state index contributed by atoms with van der Waals surface area (Å²) in [6, 6.07) is 1.23. The predicted octanol–water partition coefficient (Wildman–Crippen LogP) is 2.86. The summed E-state index contributed by atoms with van der Waals surface area (Å²) in [5.41, 5.74) is 0. The van der Waals surface area contributed by atoms with E-state index in [1.807, 2.05) is 0 Å². The Kier molecular flexibility index (Phi) is 5.29. The first-order valence-electron chi connectivity index (χ1n) is 5.24. The summed E-state index contributed by atoms with van der Waals surface area (Å²) < 4.78 is 2.09. The molecule has 3 heteroatoms. The molecule has 0 atom stereocenters. The fraction of sp³-hybridized carbons (Fsp3) is 0.900. The molecule has 0 bridgehead atoms. The van der Waals surface area contributed by atoms with Gasteiger partial charge in [0.1, 0.15) is 0 Å². The third-order valence-corrected chi connectivity index (χ3v) is 6.24. The van der Waals surface area contributed by atoms with Gasteiger partial charge in [0, 0.05) is 13.5 Å². The van der Waals surface area contributed by atoms with Crippen LogP contribution in [-0.2, 0) is 4.79 Å². The zero-order chi connectivity index (χ0) is 10.5. The van der Waals surface area contributed by atoms with Gasteiger partial charge in [0.2, 0.25) is 5.91 Å². The molecule has 0 unspecified atom stereocenters. The van der Waals surface area contributed by atoms with Crippen LogP contribution in [0, 0.1) is 0 Å². The predicted molar refractivity (Wildman–Crippen MR) is 60.3 cm³/mol. The molecule has 78 valence electrons. The highest BCUT2D eigenvalue weighted by molar-refractivity contribution is 6.76. The summed E-state index contributed by atoms with van der Waals surface area (Å²) in [5.74, 6) is 0.246. The Morgan fingerprint density at radius 2 is 1.85 bits per heavy atom. The highest BCUT2D eigenvalue weighted by atomic mass is 28.3. The Labute approximate surface area is 83.4 Å². The molecule has 0 saturated heterocycles. The van der Waals surface area contributed by atoms with Crippen LogP contribution < -0.4 is 0 Å². The summed E-state index contributed by atoms with van der Waals surface area (Å²) in [5, 5.41) is 0. The van der Waals surface area contributed by atoms with Crippen LogP contribution in [0.15, 0.2) is 0 Å². The van der Waals surface area contributed by atoms with Gasteiger partial charge >= 0.3 is 0 Å². The van der Waals surface area contributed by atoms with Gasteiger partial charge in [-0.05, 0) is 13.0 Å². The number of amides is 1. The number of carbonyl (C=O) groups is 1. The maximum atomic E-state index is 11.3. The first kappa shape index (κ1) is 12.7. The van der Waals surface area contributed by atoms with E-state index in [9.17, 15) is 4.79 Å². The lowest BCUT2D eigenvalue weighted by molar-refractivity contribution is -0.124. The van der Waals surface area contributed by atoms with Crippen LogP contribution in [0.5, 0.6) is 0 Å². The molecule has 0 spiro atoms. The van der Waals surface area contributed by atoms with Crippen LogP contribution in [0.2, 0.25) is 19.1 Å². The molecule has 0 aliphatic heterocycles. The number of hydrogen-bond donors (Lipinski definition) is 0. The van der Waals surface area contributed by atoms with Crippen LogP contribution in [-0.4, -0.2) is 25.3 Å². The van der Waals surface area contributed by atoms with Gasteiger partial charge in [-0.3, -0.25) is 4.79 Å². The molecule has 0 radical (unpaired) electrons. The average Bonchev–Trinajstić information content (AvgIpc) is 2.01. The molecular weight excluding hydrogens is 178 g/mol. The maximum absolute atomic E-state index is 11.3. The van der Waals surface area contributed by atoms with Crippen molar-refractivity contribution in [1.29, 1.82) is 0 Å². The summed E-state index contributed by atoms with van der Waals surface area (Å²) in [7, 11) is -1.43. The SMILES string of the molecule is CCCC[Si](C)(C)N(CC)C(C)=O. The molecule has 1 amide bonds. The number of nitrogens with zero attached hydrogens (tertiary/aromatic N) is 1. The number of rotatable bonds is 5. The van der Waals surface area contributed by atoms with E-state index in [2.05, 4.69) is 31.5 Å². The van der Waals surface area contributed by atoms with Gasteiger partial charge in [-0.1, -0.05) is 32.9 Å². The smallest absolute Gasteiger partial charge is 0.211 e. The Balaban J connectivity index is 4.28. The molecule has 0 aromatic rings. The average molecular weight is 201 g/mol. The van der Waals surface area contributed by atoms with E-state index in [0.717, 1.165) is 6.54 Å². The fourth-order valence-corrected chi connectivity index (χ4v) is 5.02. The maximum Gasteiger partial charge on any atom is 0.211 e. The van der Waals surface area contributed by atoms with E-state index in [0.29, 0.717) is 0 Å². The van der Waals surface area contributed by atoms with Crippen LogP contribution in [0.4, 0.5) is 0 Å². The molecule has 0 aliphatic rings. The number of hydrogen-bond acceptors (Lipinski definition) is 1. The molecule has 0 aliphatic carbocycles. The van der Waals surface area contributed by atoms with E-state index in [4.69, 9.17) is 0 Å². The van der Waals surface area contributed by atoms with Crippen LogP contribution in [0.3, 0.4) is 0 Å². The number of unbranched alkanes of at least 4 members (excludes halogenated alkanes) is 1. The van der Waals surface area contributed by atoms with Crippen LogP contribution in [0.25, 0.3) is 0 Å². The Morgan fingerprint density at radius 1 is 1.31 bits per heavy atom. The molecule has 0 aromatic heterocycles. The number of carbonyl (C=O) groups excluding carboxylic acids is 1. The van der Waals surface area contributed by atoms with Crippen LogP contribution >= 0.6 is 0 Å². The molecule has 13 heavy (non-hydrogen) atoms. The molecule has 0 fully saturated rings. The fourth-order valence-electron chi connectivity index (χ4n) is 1.82. The van der Waals surface area contributed by atoms with Gasteiger partial charge in [-0.2, -0.15) is 0 Å². The molecule has 0 N–H and O–H groups in total. The first-order valence-corrected chi connectivity index (χ1v) is 8.39. The lowest BCUT2D eigenvalue weighted by atomic mass is 10.4. The van der Waals surface area contributed by atoms with E-state index in [1.54, 1.807) is 6.92 Å². The largest absolute Gasteiger partial charge is 0.370 e. The minimum absolute atomic E-state index is 0.246. The van der Waals surface area contributed by atoms with Crippen molar-refractivity contribution in [2.45, 2.75) is 52.8 Å². The highest BCUT2D eigenvalue weighted by Gasteiger charge is 2.29. The summed E-state index contributed by atoms with van der Waals surface area (Å²) >= 11 is 0. The molecule has 0 aromatic carbocycles. The van der Waals surface area contributed by atoms with Gasteiger partial charge in [0.05, 0.1) is 0 Å². The molecule has 2 nitrogen and oxygen atoms in total. The highest BCUT2D eigenvalue weighted by Crippen LogP contribution is 2.18. The third-order valence-electron chi connectivity index (χ3n) is 2.57. The summed E-state index contributed by atoms with van der Waals surface area (Å²) in [4.78, 5) is 11.3. The van der Waals surface area contributed by atoms with E-state index < -0.39 is 8.24 Å². The molecule has 0 rings (SSSR count). The first-order chi connectivity index (χ1) is 5.95. The zero-order valence-corrected chi connectivity index (χ0v) is 10.7. The van der Waals surface area contributed by atoms with Gasteiger partial charge in [0.25, 0.3) is 0 Å². The van der Waals surface area contributed by atoms with Crippen molar-refractivity contribution >= 4 is 14.1 Å². The lowest BCUT2D eigenvalue weighted by Crippen LogP contribution is -2.50. The standard InChI is InChI=1S/C10H23NOSi/c1-6-8-9-13(4,5)11(7-2)10(3)12/h6-9H2,1-5H3. The Hall–Kier alpha value is -0.313. The third kappa shape index (κ3) is 3.94. The summed E-state index contributed by atoms with van der Waals surface area (Å²) in [6.45, 7) is 11.4. The van der Waals surface area contributed by atoms with Crippen molar-refractivity contribution in [1.82, 2.24) is 4.57 Å². The summed E-state index contributed by atoms with van der Waals surface area (Å²) in [6.07, 6.45) is 2.48. The van der Waals surface area contributed by atoms with Gasteiger partial charge < -0.3 is 4.57 Å². The van der Waals surface area contributed by atoms with Gasteiger partial charge in [-0.25, -0.2) is 0 Å². The minimum Gasteiger partial charge on any atom is -0.370 e. The second-order valence-corrected chi connectivity index (χ2v) is 8.84. The van der Waals surface area contributed by atoms with Crippen molar-refractivity contribution < 1.29 is 4.79 Å². The second-order valence-electron chi connectivity index (χ2n) is 4.18. The molecule has 0 saturated carbocycles. The minimum atomic E-state index is -1.43. The Bertz CT molecular complexity index is 168. The monoisotopic (exact) mass is 201 g/mol. The second kappa shape index (κ2) is 5.42. The van der Waals surface area contributed by atoms with Crippen molar-refractivity contribution in [2.24, 2.45) is 0 Å². The molecular formula is C10H23NOSi. The zero-order valence-electron chi connectivity index (χ0n) is 9.68. The van der Waals surface area contributed by atoms with E-state index in [1.165, 1.54) is 18.9 Å². The normalized spacial score (nSPS) is 11.5. The lowest BCUT2D eigenvalue weighted by Gasteiger charge is -2.35. The van der Waals surface area contributed by atoms with Crippen LogP contribution in [0.1, 0.15) is 33.6 Å². The van der Waals surface area contributed by atoms with Crippen molar-refractivity contribution in [3.05, 3.63) is 0 Å². The van der Waals surface area contributed by atoms with Crippen molar-refractivity contribution in [3.8, 4) is 0 Å². The van der Waals surface area contributed by atoms with E-state index >= 15 is 0 Å².